The number of ketones is 1. The van der Waals surface area contributed by atoms with Crippen LogP contribution in [0.1, 0.15) is 61.2 Å². The fourth-order valence-electron chi connectivity index (χ4n) is 7.24. The molecule has 0 aromatic heterocycles. The van der Waals surface area contributed by atoms with Crippen molar-refractivity contribution in [3.63, 3.8) is 0 Å². The van der Waals surface area contributed by atoms with Crippen LogP contribution in [0.4, 0.5) is 0 Å². The average molecular weight is 644 g/mol. The van der Waals surface area contributed by atoms with Crippen LogP contribution in [-0.2, 0) is 9.59 Å². The molecule has 1 saturated heterocycles. The highest BCUT2D eigenvalue weighted by Gasteiger charge is 2.63. The Labute approximate surface area is 269 Å². The van der Waals surface area contributed by atoms with E-state index in [0.29, 0.717) is 10.0 Å². The van der Waals surface area contributed by atoms with Gasteiger partial charge in [0.2, 0.25) is 0 Å². The molecule has 0 saturated carbocycles. The summed E-state index contributed by atoms with van der Waals surface area (Å²) in [6, 6.07) is 26.9. The minimum Gasteiger partial charge on any atom is -0.292 e. The second-order valence-corrected chi connectivity index (χ2v) is 12.5. The van der Waals surface area contributed by atoms with Gasteiger partial charge in [0.1, 0.15) is 6.04 Å². The molecule has 6 nitrogen and oxygen atoms in total. The number of benzene rings is 4. The van der Waals surface area contributed by atoms with Crippen LogP contribution in [-0.4, -0.2) is 45.4 Å². The molecule has 0 unspecified atom stereocenters. The van der Waals surface area contributed by atoms with E-state index in [9.17, 15) is 19.2 Å². The molecule has 3 amide bonds. The van der Waals surface area contributed by atoms with Gasteiger partial charge in [-0.05, 0) is 77.2 Å². The van der Waals surface area contributed by atoms with Gasteiger partial charge in [-0.3, -0.25) is 19.2 Å². The average Bonchev–Trinajstić information content (AvgIpc) is 3.31. The third-order valence-corrected chi connectivity index (χ3v) is 9.77. The third-order valence-electron chi connectivity index (χ3n) is 9.05. The Morgan fingerprint density at radius 3 is 1.48 bits per heavy atom. The number of rotatable bonds is 7. The molecule has 4 aliphatic rings. The Kier molecular flexibility index (Phi) is 7.32. The summed E-state index contributed by atoms with van der Waals surface area (Å²) < 4.78 is 0. The van der Waals surface area contributed by atoms with Crippen LogP contribution in [0, 0.1) is 11.8 Å². The predicted molar refractivity (Wildman–Crippen MR) is 168 cm³/mol. The Bertz CT molecular complexity index is 1710. The summed E-state index contributed by atoms with van der Waals surface area (Å²) in [5.41, 5.74) is 4.46. The van der Waals surface area contributed by atoms with Gasteiger partial charge in [0.25, 0.3) is 17.7 Å². The van der Waals surface area contributed by atoms with Gasteiger partial charge in [-0.15, -0.1) is 11.6 Å². The van der Waals surface area contributed by atoms with Crippen LogP contribution in [0.5, 0.6) is 0 Å². The standard InChI is InChI=1S/C35H25Cl3N2O4/c36-18-17-27(32(41)19-9-13-21(37)14-10-19)39(33(42)20-11-15-22(38)16-12-20)40-34(43)30-28-23-5-1-2-6-24(23)29(31(30)35(40)44)26-8-4-3-7-25(26)28/h1-16,27-31H,17-18H2/t27-,28?,29?,30-,31+/m1/s1. The van der Waals surface area contributed by atoms with Crippen molar-refractivity contribution in [3.8, 4) is 0 Å². The number of Topliss-reactive ketones (excluding diaryl/α,β-unsaturated/α-hetero) is 1. The quantitative estimate of drug-likeness (QED) is 0.122. The maximum atomic E-state index is 14.6. The lowest BCUT2D eigenvalue weighted by molar-refractivity contribution is -0.156. The smallest absolute Gasteiger partial charge is 0.273 e. The fourth-order valence-corrected chi connectivity index (χ4v) is 7.70. The van der Waals surface area contributed by atoms with Gasteiger partial charge >= 0.3 is 0 Å². The van der Waals surface area contributed by atoms with Crippen LogP contribution in [0.25, 0.3) is 0 Å². The van der Waals surface area contributed by atoms with Crippen molar-refractivity contribution in [2.75, 3.05) is 5.88 Å². The van der Waals surface area contributed by atoms with Crippen LogP contribution in [0.15, 0.2) is 97.1 Å². The fraction of sp³-hybridized carbons (Fsp3) is 0.200. The molecule has 3 aliphatic carbocycles. The Morgan fingerprint density at radius 1 is 0.659 bits per heavy atom. The van der Waals surface area contributed by atoms with E-state index < -0.39 is 41.4 Å². The summed E-state index contributed by atoms with van der Waals surface area (Å²) in [6.07, 6.45) is 0.00203. The van der Waals surface area contributed by atoms with Crippen LogP contribution in [0.3, 0.4) is 0 Å². The normalized spacial score (nSPS) is 21.8. The summed E-state index contributed by atoms with van der Waals surface area (Å²) in [4.78, 5) is 57.7. The summed E-state index contributed by atoms with van der Waals surface area (Å²) in [5, 5.41) is 2.83. The molecule has 3 atom stereocenters. The molecular weight excluding hydrogens is 619 g/mol. The molecule has 4 aromatic rings. The first-order valence-electron chi connectivity index (χ1n) is 14.3. The summed E-state index contributed by atoms with van der Waals surface area (Å²) in [7, 11) is 0. The first-order valence-corrected chi connectivity index (χ1v) is 15.6. The topological polar surface area (TPSA) is 74.8 Å². The summed E-state index contributed by atoms with van der Waals surface area (Å²) in [6.45, 7) is 0. The van der Waals surface area contributed by atoms with Crippen molar-refractivity contribution in [3.05, 3.63) is 140 Å². The largest absolute Gasteiger partial charge is 0.292 e. The maximum absolute atomic E-state index is 14.6. The summed E-state index contributed by atoms with van der Waals surface area (Å²) >= 11 is 18.4. The molecule has 1 heterocycles. The molecule has 0 spiro atoms. The number of amides is 3. The van der Waals surface area contributed by atoms with Crippen molar-refractivity contribution in [2.24, 2.45) is 11.8 Å². The monoisotopic (exact) mass is 642 g/mol. The van der Waals surface area contributed by atoms with E-state index in [2.05, 4.69) is 0 Å². The van der Waals surface area contributed by atoms with E-state index in [1.54, 1.807) is 36.4 Å². The van der Waals surface area contributed by atoms with E-state index in [1.165, 1.54) is 12.1 Å². The Balaban J connectivity index is 1.38. The number of hydrazine groups is 1. The number of carbonyl (C=O) groups excluding carboxylic acids is 4. The third kappa shape index (κ3) is 4.39. The highest BCUT2D eigenvalue weighted by atomic mass is 35.5. The molecule has 0 N–H and O–H groups in total. The van der Waals surface area contributed by atoms with Crippen molar-refractivity contribution >= 4 is 58.3 Å². The second-order valence-electron chi connectivity index (χ2n) is 11.3. The maximum Gasteiger partial charge on any atom is 0.273 e. The predicted octanol–water partition coefficient (Wildman–Crippen LogP) is 7.12. The summed E-state index contributed by atoms with van der Waals surface area (Å²) in [5.74, 6) is -4.37. The van der Waals surface area contributed by atoms with E-state index in [1.807, 2.05) is 48.5 Å². The molecule has 44 heavy (non-hydrogen) atoms. The number of nitrogens with zero attached hydrogens (tertiary/aromatic N) is 2. The van der Waals surface area contributed by atoms with Crippen molar-refractivity contribution in [1.29, 1.82) is 0 Å². The minimum absolute atomic E-state index is 0.000392. The van der Waals surface area contributed by atoms with Gasteiger partial charge in [0, 0.05) is 38.9 Å². The lowest BCUT2D eigenvalue weighted by Gasteiger charge is -2.45. The van der Waals surface area contributed by atoms with E-state index in [4.69, 9.17) is 34.8 Å². The van der Waals surface area contributed by atoms with Gasteiger partial charge in [-0.2, -0.15) is 5.01 Å². The zero-order valence-corrected chi connectivity index (χ0v) is 25.5. The van der Waals surface area contributed by atoms with Gasteiger partial charge in [-0.1, -0.05) is 71.7 Å². The number of halogens is 3. The van der Waals surface area contributed by atoms with E-state index in [-0.39, 0.29) is 35.3 Å². The minimum atomic E-state index is -1.24. The van der Waals surface area contributed by atoms with Gasteiger partial charge < -0.3 is 0 Å². The molecule has 4 aromatic carbocycles. The first kappa shape index (κ1) is 28.8. The number of carbonyl (C=O) groups is 4. The molecule has 2 bridgehead atoms. The second kappa shape index (κ2) is 11.2. The SMILES string of the molecule is O=C(c1ccc(Cl)cc1)[C@@H](CCCl)N(C(=O)c1ccc(Cl)cc1)N1C(=O)[C@@H]2C3c4ccccc4C(c4ccccc43)[C@@H]2C1=O. The van der Waals surface area contributed by atoms with Crippen LogP contribution < -0.4 is 0 Å². The molecule has 9 heteroatoms. The highest BCUT2D eigenvalue weighted by Crippen LogP contribution is 2.61. The Hall–Kier alpha value is -3.97. The number of hydrogen-bond donors (Lipinski definition) is 0. The van der Waals surface area contributed by atoms with Gasteiger partial charge in [-0.25, -0.2) is 5.01 Å². The number of alkyl halides is 1. The zero-order valence-electron chi connectivity index (χ0n) is 23.2. The molecule has 220 valence electrons. The van der Waals surface area contributed by atoms with E-state index in [0.717, 1.165) is 32.3 Å². The van der Waals surface area contributed by atoms with Crippen molar-refractivity contribution in [2.45, 2.75) is 24.3 Å². The van der Waals surface area contributed by atoms with Crippen LogP contribution in [0.2, 0.25) is 10.0 Å². The van der Waals surface area contributed by atoms with E-state index >= 15 is 0 Å². The van der Waals surface area contributed by atoms with Crippen molar-refractivity contribution in [1.82, 2.24) is 10.0 Å². The molecule has 0 radical (unpaired) electrons. The number of imide groups is 1. The molecule has 8 rings (SSSR count). The van der Waals surface area contributed by atoms with Crippen molar-refractivity contribution < 1.29 is 19.2 Å². The highest BCUT2D eigenvalue weighted by molar-refractivity contribution is 6.31. The van der Waals surface area contributed by atoms with Crippen LogP contribution >= 0.6 is 34.8 Å². The van der Waals surface area contributed by atoms with Gasteiger partial charge in [0.15, 0.2) is 5.78 Å². The lowest BCUT2D eigenvalue weighted by Crippen LogP contribution is -2.57. The molecular formula is C35H25Cl3N2O4. The zero-order chi connectivity index (χ0) is 30.7. The lowest BCUT2D eigenvalue weighted by atomic mass is 9.55. The number of hydrogen-bond acceptors (Lipinski definition) is 4. The first-order chi connectivity index (χ1) is 21.3. The van der Waals surface area contributed by atoms with Gasteiger partial charge in [0.05, 0.1) is 11.8 Å². The molecule has 1 aliphatic heterocycles. The Morgan fingerprint density at radius 2 is 1.07 bits per heavy atom. The molecule has 1 fully saturated rings.